The molecular weight excluding hydrogens is 190 g/mol. The first-order valence-corrected chi connectivity index (χ1v) is 5.47. The number of hydrogen-bond donors (Lipinski definition) is 1. The van der Waals surface area contributed by atoms with Crippen LogP contribution in [0.15, 0.2) is 6.20 Å². The molecule has 0 unspecified atom stereocenters. The minimum absolute atomic E-state index is 0.571. The summed E-state index contributed by atoms with van der Waals surface area (Å²) in [6.45, 7) is 5.94. The first-order valence-electron chi connectivity index (χ1n) is 5.47. The Bertz CT molecular complexity index is 294. The average Bonchev–Trinajstić information content (AvgIpc) is 2.56. The van der Waals surface area contributed by atoms with Gasteiger partial charge >= 0.3 is 0 Å². The molecule has 0 saturated heterocycles. The van der Waals surface area contributed by atoms with Crippen LogP contribution in [0.4, 0.5) is 0 Å². The van der Waals surface area contributed by atoms with Crippen LogP contribution in [0.25, 0.3) is 0 Å². The fourth-order valence-electron chi connectivity index (χ4n) is 1.59. The lowest BCUT2D eigenvalue weighted by Gasteiger charge is -2.09. The van der Waals surface area contributed by atoms with E-state index in [0.29, 0.717) is 12.5 Å². The summed E-state index contributed by atoms with van der Waals surface area (Å²) < 4.78 is 7.30. The van der Waals surface area contributed by atoms with Crippen molar-refractivity contribution in [3.63, 3.8) is 0 Å². The topological polar surface area (TPSA) is 53.1 Å². The third-order valence-electron chi connectivity index (χ3n) is 2.24. The van der Waals surface area contributed by atoms with Crippen LogP contribution < -0.4 is 10.5 Å². The molecule has 1 aromatic heterocycles. The van der Waals surface area contributed by atoms with Crippen molar-refractivity contribution in [3.05, 3.63) is 11.8 Å². The zero-order valence-corrected chi connectivity index (χ0v) is 9.86. The number of aromatic nitrogens is 2. The number of nitrogens with two attached hydrogens (primary N) is 1. The number of rotatable bonds is 6. The van der Waals surface area contributed by atoms with Crippen LogP contribution in [0.5, 0.6) is 5.88 Å². The summed E-state index contributed by atoms with van der Waals surface area (Å²) in [5, 5.41) is 4.33. The molecule has 0 saturated carbocycles. The van der Waals surface area contributed by atoms with Crippen molar-refractivity contribution in [2.45, 2.75) is 33.2 Å². The number of nitrogens with zero attached hydrogens (tertiary/aromatic N) is 2. The fourth-order valence-corrected chi connectivity index (χ4v) is 1.59. The predicted molar refractivity (Wildman–Crippen MR) is 61.0 cm³/mol. The highest BCUT2D eigenvalue weighted by Gasteiger charge is 2.11. The molecule has 0 bridgehead atoms. The van der Waals surface area contributed by atoms with Gasteiger partial charge in [-0.15, -0.1) is 0 Å². The first kappa shape index (κ1) is 12.0. The lowest BCUT2D eigenvalue weighted by molar-refractivity contribution is 0.340. The Kier molecular flexibility index (Phi) is 4.62. The Hall–Kier alpha value is -1.03. The van der Waals surface area contributed by atoms with Crippen LogP contribution in [0.1, 0.15) is 25.8 Å². The van der Waals surface area contributed by atoms with Crippen molar-refractivity contribution in [3.8, 4) is 5.88 Å². The summed E-state index contributed by atoms with van der Waals surface area (Å²) in [7, 11) is 1.69. The highest BCUT2D eigenvalue weighted by Crippen LogP contribution is 2.20. The van der Waals surface area contributed by atoms with Crippen molar-refractivity contribution in [2.24, 2.45) is 11.7 Å². The van der Waals surface area contributed by atoms with E-state index in [2.05, 4.69) is 18.9 Å². The molecule has 0 aliphatic carbocycles. The second kappa shape index (κ2) is 5.75. The van der Waals surface area contributed by atoms with Gasteiger partial charge in [-0.1, -0.05) is 13.8 Å². The quantitative estimate of drug-likeness (QED) is 0.774. The van der Waals surface area contributed by atoms with Gasteiger partial charge in [0.25, 0.3) is 0 Å². The summed E-state index contributed by atoms with van der Waals surface area (Å²) in [6, 6.07) is 0. The monoisotopic (exact) mass is 211 g/mol. The molecule has 0 radical (unpaired) electrons. The van der Waals surface area contributed by atoms with E-state index >= 15 is 0 Å². The standard InChI is InChI=1S/C11H21N3O/c1-9(2)8-14-11(15-3)10(7-13-14)5-4-6-12/h7,9H,4-6,8,12H2,1-3H3. The predicted octanol–water partition coefficient (Wildman–Crippen LogP) is 1.44. The van der Waals surface area contributed by atoms with Gasteiger partial charge in [0.2, 0.25) is 5.88 Å². The minimum atomic E-state index is 0.571. The molecule has 4 heteroatoms. The van der Waals surface area contributed by atoms with Crippen LogP contribution >= 0.6 is 0 Å². The Morgan fingerprint density at radius 3 is 2.80 bits per heavy atom. The summed E-state index contributed by atoms with van der Waals surface area (Å²) >= 11 is 0. The van der Waals surface area contributed by atoms with Gasteiger partial charge in [-0.3, -0.25) is 0 Å². The minimum Gasteiger partial charge on any atom is -0.481 e. The molecular formula is C11H21N3O. The first-order chi connectivity index (χ1) is 7.19. The van der Waals surface area contributed by atoms with E-state index in [1.54, 1.807) is 7.11 Å². The third-order valence-corrected chi connectivity index (χ3v) is 2.24. The average molecular weight is 211 g/mol. The molecule has 0 atom stereocenters. The van der Waals surface area contributed by atoms with Gasteiger partial charge in [0.05, 0.1) is 13.3 Å². The molecule has 0 aliphatic rings. The molecule has 0 aromatic carbocycles. The lowest BCUT2D eigenvalue weighted by atomic mass is 10.2. The molecule has 86 valence electrons. The molecule has 15 heavy (non-hydrogen) atoms. The molecule has 0 fully saturated rings. The van der Waals surface area contributed by atoms with Gasteiger partial charge in [0, 0.05) is 12.1 Å². The van der Waals surface area contributed by atoms with Crippen LogP contribution in [-0.2, 0) is 13.0 Å². The normalized spacial score (nSPS) is 11.0. The lowest BCUT2D eigenvalue weighted by Crippen LogP contribution is -2.08. The highest BCUT2D eigenvalue weighted by molar-refractivity contribution is 5.24. The molecule has 1 rings (SSSR count). The Labute approximate surface area is 91.4 Å². The van der Waals surface area contributed by atoms with Crippen LogP contribution in [-0.4, -0.2) is 23.4 Å². The van der Waals surface area contributed by atoms with Crippen molar-refractivity contribution in [2.75, 3.05) is 13.7 Å². The highest BCUT2D eigenvalue weighted by atomic mass is 16.5. The maximum Gasteiger partial charge on any atom is 0.214 e. The van der Waals surface area contributed by atoms with E-state index in [4.69, 9.17) is 10.5 Å². The summed E-state index contributed by atoms with van der Waals surface area (Å²) in [5.41, 5.74) is 6.64. The van der Waals surface area contributed by atoms with Crippen molar-refractivity contribution < 1.29 is 4.74 Å². The van der Waals surface area contributed by atoms with Crippen LogP contribution in [0.3, 0.4) is 0 Å². The number of aryl methyl sites for hydroxylation is 1. The third kappa shape index (κ3) is 3.23. The van der Waals surface area contributed by atoms with Crippen molar-refractivity contribution in [1.29, 1.82) is 0 Å². The molecule has 1 heterocycles. The maximum atomic E-state index is 5.49. The maximum absolute atomic E-state index is 5.49. The number of methoxy groups -OCH3 is 1. The van der Waals surface area contributed by atoms with Gasteiger partial charge in [-0.2, -0.15) is 5.10 Å². The van der Waals surface area contributed by atoms with Crippen LogP contribution in [0.2, 0.25) is 0 Å². The van der Waals surface area contributed by atoms with Crippen molar-refractivity contribution >= 4 is 0 Å². The molecule has 2 N–H and O–H groups in total. The fraction of sp³-hybridized carbons (Fsp3) is 0.727. The summed E-state index contributed by atoms with van der Waals surface area (Å²) in [5.74, 6) is 1.46. The van der Waals surface area contributed by atoms with Gasteiger partial charge < -0.3 is 10.5 Å². The number of hydrogen-bond acceptors (Lipinski definition) is 3. The largest absolute Gasteiger partial charge is 0.481 e. The van der Waals surface area contributed by atoms with Crippen molar-refractivity contribution in [1.82, 2.24) is 9.78 Å². The van der Waals surface area contributed by atoms with Gasteiger partial charge in [-0.05, 0) is 25.3 Å². The number of ether oxygens (including phenoxy) is 1. The van der Waals surface area contributed by atoms with E-state index in [1.807, 2.05) is 10.9 Å². The zero-order chi connectivity index (χ0) is 11.3. The summed E-state index contributed by atoms with van der Waals surface area (Å²) in [6.07, 6.45) is 3.80. The van der Waals surface area contributed by atoms with Gasteiger partial charge in [0.1, 0.15) is 0 Å². The molecule has 0 amide bonds. The summed E-state index contributed by atoms with van der Waals surface area (Å²) in [4.78, 5) is 0. The zero-order valence-electron chi connectivity index (χ0n) is 9.86. The van der Waals surface area contributed by atoms with Crippen LogP contribution in [0, 0.1) is 5.92 Å². The smallest absolute Gasteiger partial charge is 0.214 e. The second-order valence-electron chi connectivity index (χ2n) is 4.15. The van der Waals surface area contributed by atoms with Gasteiger partial charge in [0.15, 0.2) is 0 Å². The van der Waals surface area contributed by atoms with E-state index in [-0.39, 0.29) is 0 Å². The Morgan fingerprint density at radius 2 is 2.27 bits per heavy atom. The molecule has 0 spiro atoms. The SMILES string of the molecule is COc1c(CCCN)cnn1CC(C)C. The van der Waals surface area contributed by atoms with E-state index in [1.165, 1.54) is 0 Å². The Balaban J connectivity index is 2.75. The Morgan fingerprint density at radius 1 is 1.53 bits per heavy atom. The van der Waals surface area contributed by atoms with E-state index in [9.17, 15) is 0 Å². The molecule has 1 aromatic rings. The van der Waals surface area contributed by atoms with Gasteiger partial charge in [-0.25, -0.2) is 4.68 Å². The molecule has 4 nitrogen and oxygen atoms in total. The van der Waals surface area contributed by atoms with E-state index < -0.39 is 0 Å². The molecule has 0 aliphatic heterocycles. The van der Waals surface area contributed by atoms with E-state index in [0.717, 1.165) is 30.8 Å². The second-order valence-corrected chi connectivity index (χ2v) is 4.15.